The van der Waals surface area contributed by atoms with E-state index < -0.39 is 0 Å². The van der Waals surface area contributed by atoms with Gasteiger partial charge in [0.15, 0.2) is 0 Å². The molecule has 76 valence electrons. The van der Waals surface area contributed by atoms with Gasteiger partial charge in [-0.1, -0.05) is 29.8 Å². The molecular formula is C12H16OS. The van der Waals surface area contributed by atoms with Gasteiger partial charge in [0.05, 0.1) is 6.10 Å². The van der Waals surface area contributed by atoms with Gasteiger partial charge in [-0.25, -0.2) is 0 Å². The van der Waals surface area contributed by atoms with E-state index in [9.17, 15) is 5.11 Å². The molecule has 1 saturated heterocycles. The van der Waals surface area contributed by atoms with Gasteiger partial charge in [0, 0.05) is 5.25 Å². The quantitative estimate of drug-likeness (QED) is 0.806. The minimum Gasteiger partial charge on any atom is -0.387 e. The Bertz CT molecular complexity index is 305. The van der Waals surface area contributed by atoms with Gasteiger partial charge in [-0.05, 0) is 31.1 Å². The molecule has 1 N–H and O–H groups in total. The van der Waals surface area contributed by atoms with Crippen LogP contribution in [0.1, 0.15) is 30.1 Å². The predicted molar refractivity (Wildman–Crippen MR) is 61.6 cm³/mol. The average Bonchev–Trinajstić information content (AvgIpc) is 2.69. The monoisotopic (exact) mass is 208 g/mol. The lowest BCUT2D eigenvalue weighted by Crippen LogP contribution is -2.11. The molecule has 1 fully saturated rings. The lowest BCUT2D eigenvalue weighted by molar-refractivity contribution is 0.173. The summed E-state index contributed by atoms with van der Waals surface area (Å²) in [4.78, 5) is 0. The molecule has 0 bridgehead atoms. The molecule has 0 saturated carbocycles. The average molecular weight is 208 g/mol. The smallest absolute Gasteiger partial charge is 0.0908 e. The van der Waals surface area contributed by atoms with E-state index in [1.165, 1.54) is 17.7 Å². The van der Waals surface area contributed by atoms with E-state index >= 15 is 0 Å². The minimum atomic E-state index is -0.276. The Hall–Kier alpha value is -0.470. The van der Waals surface area contributed by atoms with Crippen molar-refractivity contribution in [1.82, 2.24) is 0 Å². The van der Waals surface area contributed by atoms with Crippen LogP contribution >= 0.6 is 11.8 Å². The first-order chi connectivity index (χ1) is 6.77. The van der Waals surface area contributed by atoms with Gasteiger partial charge < -0.3 is 5.11 Å². The van der Waals surface area contributed by atoms with Crippen LogP contribution in [-0.2, 0) is 0 Å². The summed E-state index contributed by atoms with van der Waals surface area (Å²) in [6.45, 7) is 2.07. The summed E-state index contributed by atoms with van der Waals surface area (Å²) in [5, 5.41) is 10.5. The van der Waals surface area contributed by atoms with E-state index in [0.717, 1.165) is 12.0 Å². The van der Waals surface area contributed by atoms with Crippen LogP contribution in [0.25, 0.3) is 0 Å². The zero-order valence-electron chi connectivity index (χ0n) is 8.44. The van der Waals surface area contributed by atoms with Gasteiger partial charge in [-0.15, -0.1) is 0 Å². The largest absolute Gasteiger partial charge is 0.387 e. The molecule has 1 aliphatic rings. The molecule has 1 aromatic rings. The number of aliphatic hydroxyl groups excluding tert-OH is 1. The second-order valence-electron chi connectivity index (χ2n) is 3.91. The summed E-state index contributed by atoms with van der Waals surface area (Å²) in [5.41, 5.74) is 2.30. The molecule has 1 aromatic carbocycles. The van der Waals surface area contributed by atoms with E-state index in [0.29, 0.717) is 5.25 Å². The Morgan fingerprint density at radius 1 is 1.50 bits per heavy atom. The van der Waals surface area contributed by atoms with Crippen molar-refractivity contribution in [1.29, 1.82) is 0 Å². The first kappa shape index (κ1) is 10.1. The van der Waals surface area contributed by atoms with Gasteiger partial charge in [-0.3, -0.25) is 0 Å². The SMILES string of the molecule is Cc1cccc(C(O)C2CCCS2)c1. The minimum absolute atomic E-state index is 0.276. The molecule has 2 unspecified atom stereocenters. The van der Waals surface area contributed by atoms with Crippen LogP contribution in [0.15, 0.2) is 24.3 Å². The molecule has 0 aromatic heterocycles. The Balaban J connectivity index is 2.13. The van der Waals surface area contributed by atoms with Crippen molar-refractivity contribution in [2.75, 3.05) is 5.75 Å². The molecule has 1 aliphatic heterocycles. The maximum atomic E-state index is 10.1. The Labute approximate surface area is 89.5 Å². The lowest BCUT2D eigenvalue weighted by atomic mass is 10.0. The number of hydrogen-bond donors (Lipinski definition) is 1. The predicted octanol–water partition coefficient (Wildman–Crippen LogP) is 2.92. The summed E-state index contributed by atoms with van der Waals surface area (Å²) in [6, 6.07) is 8.20. The summed E-state index contributed by atoms with van der Waals surface area (Å²) in [7, 11) is 0. The Morgan fingerprint density at radius 2 is 2.36 bits per heavy atom. The second-order valence-corrected chi connectivity index (χ2v) is 5.26. The second kappa shape index (κ2) is 4.37. The highest BCUT2D eigenvalue weighted by molar-refractivity contribution is 8.00. The van der Waals surface area contributed by atoms with Crippen LogP contribution in [0.5, 0.6) is 0 Å². The Morgan fingerprint density at radius 3 is 3.00 bits per heavy atom. The van der Waals surface area contributed by atoms with E-state index in [1.807, 2.05) is 23.9 Å². The van der Waals surface area contributed by atoms with Crippen molar-refractivity contribution >= 4 is 11.8 Å². The Kier molecular flexibility index (Phi) is 3.14. The number of benzene rings is 1. The first-order valence-electron chi connectivity index (χ1n) is 5.13. The van der Waals surface area contributed by atoms with Gasteiger partial charge in [0.1, 0.15) is 0 Å². The van der Waals surface area contributed by atoms with Crippen LogP contribution in [0.3, 0.4) is 0 Å². The van der Waals surface area contributed by atoms with Crippen LogP contribution < -0.4 is 0 Å². The van der Waals surface area contributed by atoms with E-state index in [-0.39, 0.29) is 6.10 Å². The topological polar surface area (TPSA) is 20.2 Å². The zero-order chi connectivity index (χ0) is 9.97. The van der Waals surface area contributed by atoms with Gasteiger partial charge >= 0.3 is 0 Å². The van der Waals surface area contributed by atoms with E-state index in [4.69, 9.17) is 0 Å². The number of aryl methyl sites for hydroxylation is 1. The molecule has 1 nitrogen and oxygen atoms in total. The molecule has 0 aliphatic carbocycles. The molecule has 2 rings (SSSR count). The molecule has 0 spiro atoms. The van der Waals surface area contributed by atoms with Crippen LogP contribution in [0.2, 0.25) is 0 Å². The third kappa shape index (κ3) is 2.12. The van der Waals surface area contributed by atoms with Crippen molar-refractivity contribution < 1.29 is 5.11 Å². The number of thioether (sulfide) groups is 1. The van der Waals surface area contributed by atoms with E-state index in [2.05, 4.69) is 19.1 Å². The number of hydrogen-bond acceptors (Lipinski definition) is 2. The van der Waals surface area contributed by atoms with Gasteiger partial charge in [0.25, 0.3) is 0 Å². The molecule has 2 atom stereocenters. The third-order valence-corrected chi connectivity index (χ3v) is 4.15. The van der Waals surface area contributed by atoms with Crippen LogP contribution in [0, 0.1) is 6.92 Å². The van der Waals surface area contributed by atoms with Crippen LogP contribution in [-0.4, -0.2) is 16.1 Å². The van der Waals surface area contributed by atoms with Crippen molar-refractivity contribution in [2.24, 2.45) is 0 Å². The number of rotatable bonds is 2. The highest BCUT2D eigenvalue weighted by atomic mass is 32.2. The van der Waals surface area contributed by atoms with Crippen molar-refractivity contribution in [2.45, 2.75) is 31.1 Å². The first-order valence-corrected chi connectivity index (χ1v) is 6.18. The summed E-state index contributed by atoms with van der Waals surface area (Å²) < 4.78 is 0. The fourth-order valence-corrected chi connectivity index (χ4v) is 3.23. The van der Waals surface area contributed by atoms with E-state index in [1.54, 1.807) is 0 Å². The fraction of sp³-hybridized carbons (Fsp3) is 0.500. The summed E-state index contributed by atoms with van der Waals surface area (Å²) in [5.74, 6) is 1.20. The van der Waals surface area contributed by atoms with Gasteiger partial charge in [-0.2, -0.15) is 11.8 Å². The lowest BCUT2D eigenvalue weighted by Gasteiger charge is -2.17. The van der Waals surface area contributed by atoms with Crippen molar-refractivity contribution in [3.8, 4) is 0 Å². The maximum absolute atomic E-state index is 10.1. The highest BCUT2D eigenvalue weighted by Gasteiger charge is 2.24. The molecule has 0 amide bonds. The van der Waals surface area contributed by atoms with Crippen molar-refractivity contribution in [3.05, 3.63) is 35.4 Å². The molecule has 14 heavy (non-hydrogen) atoms. The highest BCUT2D eigenvalue weighted by Crippen LogP contribution is 2.35. The molecule has 1 heterocycles. The number of aliphatic hydroxyl groups is 1. The summed E-state index contributed by atoms with van der Waals surface area (Å²) >= 11 is 1.90. The third-order valence-electron chi connectivity index (χ3n) is 2.70. The fourth-order valence-electron chi connectivity index (χ4n) is 1.92. The maximum Gasteiger partial charge on any atom is 0.0908 e. The zero-order valence-corrected chi connectivity index (χ0v) is 9.26. The molecule has 2 heteroatoms. The van der Waals surface area contributed by atoms with Gasteiger partial charge in [0.2, 0.25) is 0 Å². The standard InChI is InChI=1S/C12H16OS/c1-9-4-2-5-10(8-9)12(13)11-6-3-7-14-11/h2,4-5,8,11-13H,3,6-7H2,1H3. The molecule has 0 radical (unpaired) electrons. The summed E-state index contributed by atoms with van der Waals surface area (Å²) in [6.07, 6.45) is 2.13. The molecular weight excluding hydrogens is 192 g/mol. The van der Waals surface area contributed by atoms with Crippen molar-refractivity contribution in [3.63, 3.8) is 0 Å². The van der Waals surface area contributed by atoms with Crippen LogP contribution in [0.4, 0.5) is 0 Å². The normalized spacial score (nSPS) is 23.7.